The number of nitrogens with zero attached hydrogens (tertiary/aromatic N) is 1. The fraction of sp³-hybridized carbons (Fsp3) is 0.462. The lowest BCUT2D eigenvalue weighted by molar-refractivity contribution is -0.131. The van der Waals surface area contributed by atoms with E-state index in [1.54, 1.807) is 11.9 Å². The first kappa shape index (κ1) is 12.7. The van der Waals surface area contributed by atoms with Crippen molar-refractivity contribution in [2.75, 3.05) is 7.05 Å². The minimum atomic E-state index is -0.442. The highest BCUT2D eigenvalue weighted by Crippen LogP contribution is 2.09. The van der Waals surface area contributed by atoms with Gasteiger partial charge in [-0.1, -0.05) is 30.3 Å². The molecule has 88 valence electrons. The number of rotatable bonds is 4. The number of carbonyl (C=O) groups is 1. The maximum atomic E-state index is 11.8. The van der Waals surface area contributed by atoms with Crippen LogP contribution >= 0.6 is 0 Å². The first-order valence-corrected chi connectivity index (χ1v) is 5.45. The zero-order valence-electron chi connectivity index (χ0n) is 10.2. The van der Waals surface area contributed by atoms with Crippen molar-refractivity contribution in [1.82, 2.24) is 4.90 Å². The molecule has 1 aromatic rings. The van der Waals surface area contributed by atoms with Crippen LogP contribution in [0.25, 0.3) is 0 Å². The molecular weight excluding hydrogens is 200 g/mol. The predicted octanol–water partition coefficient (Wildman–Crippen LogP) is 1.77. The predicted molar refractivity (Wildman–Crippen MR) is 65.8 cm³/mol. The van der Waals surface area contributed by atoms with Crippen LogP contribution in [0.1, 0.15) is 25.8 Å². The van der Waals surface area contributed by atoms with Gasteiger partial charge in [-0.2, -0.15) is 0 Å². The minimum Gasteiger partial charge on any atom is -0.341 e. The lowest BCUT2D eigenvalue weighted by Gasteiger charge is -2.23. The van der Waals surface area contributed by atoms with E-state index in [2.05, 4.69) is 0 Å². The zero-order valence-corrected chi connectivity index (χ0v) is 10.2. The van der Waals surface area contributed by atoms with Crippen molar-refractivity contribution in [3.05, 3.63) is 35.9 Å². The molecule has 0 atom stereocenters. The van der Waals surface area contributed by atoms with Crippen LogP contribution in [0.15, 0.2) is 30.3 Å². The quantitative estimate of drug-likeness (QED) is 0.840. The van der Waals surface area contributed by atoms with Crippen molar-refractivity contribution < 1.29 is 4.79 Å². The average Bonchev–Trinajstić information content (AvgIpc) is 2.16. The van der Waals surface area contributed by atoms with E-state index >= 15 is 0 Å². The fourth-order valence-electron chi connectivity index (χ4n) is 1.47. The summed E-state index contributed by atoms with van der Waals surface area (Å²) in [5, 5.41) is 0. The van der Waals surface area contributed by atoms with Crippen molar-refractivity contribution in [2.24, 2.45) is 5.73 Å². The second kappa shape index (κ2) is 5.12. The summed E-state index contributed by atoms with van der Waals surface area (Å²) >= 11 is 0. The number of benzene rings is 1. The molecule has 0 aliphatic rings. The summed E-state index contributed by atoms with van der Waals surface area (Å²) in [5.41, 5.74) is 6.51. The largest absolute Gasteiger partial charge is 0.341 e. The van der Waals surface area contributed by atoms with Gasteiger partial charge in [-0.05, 0) is 19.4 Å². The summed E-state index contributed by atoms with van der Waals surface area (Å²) in [7, 11) is 1.81. The van der Waals surface area contributed by atoms with Crippen molar-refractivity contribution in [3.63, 3.8) is 0 Å². The number of hydrogen-bond acceptors (Lipinski definition) is 2. The second-order valence-corrected chi connectivity index (χ2v) is 4.90. The van der Waals surface area contributed by atoms with E-state index in [-0.39, 0.29) is 5.91 Å². The summed E-state index contributed by atoms with van der Waals surface area (Å²) in [6.45, 7) is 4.36. The zero-order chi connectivity index (χ0) is 12.2. The minimum absolute atomic E-state index is 0.0800. The van der Waals surface area contributed by atoms with E-state index in [1.165, 1.54) is 0 Å². The number of amides is 1. The van der Waals surface area contributed by atoms with Crippen LogP contribution in [-0.2, 0) is 11.3 Å². The van der Waals surface area contributed by atoms with Gasteiger partial charge in [0.15, 0.2) is 0 Å². The first-order chi connectivity index (χ1) is 7.38. The third kappa shape index (κ3) is 4.45. The molecular formula is C13H20N2O. The fourth-order valence-corrected chi connectivity index (χ4v) is 1.47. The van der Waals surface area contributed by atoms with Crippen molar-refractivity contribution in [3.8, 4) is 0 Å². The number of carbonyl (C=O) groups excluding carboxylic acids is 1. The van der Waals surface area contributed by atoms with E-state index in [0.29, 0.717) is 13.0 Å². The molecule has 0 aromatic heterocycles. The molecule has 2 N–H and O–H groups in total. The molecule has 0 saturated heterocycles. The maximum Gasteiger partial charge on any atom is 0.224 e. The van der Waals surface area contributed by atoms with E-state index in [1.807, 2.05) is 44.2 Å². The van der Waals surface area contributed by atoms with Gasteiger partial charge in [0.05, 0.1) is 0 Å². The highest BCUT2D eigenvalue weighted by atomic mass is 16.2. The highest BCUT2D eigenvalue weighted by molar-refractivity contribution is 5.77. The summed E-state index contributed by atoms with van der Waals surface area (Å²) < 4.78 is 0. The Hall–Kier alpha value is -1.35. The van der Waals surface area contributed by atoms with Crippen LogP contribution in [0, 0.1) is 0 Å². The Bertz CT molecular complexity index is 341. The van der Waals surface area contributed by atoms with Gasteiger partial charge in [0.25, 0.3) is 0 Å². The molecule has 0 aliphatic carbocycles. The molecule has 0 fully saturated rings. The van der Waals surface area contributed by atoms with Crippen LogP contribution in [0.4, 0.5) is 0 Å². The highest BCUT2D eigenvalue weighted by Gasteiger charge is 2.19. The molecule has 3 heteroatoms. The van der Waals surface area contributed by atoms with Gasteiger partial charge in [-0.25, -0.2) is 0 Å². The summed E-state index contributed by atoms with van der Waals surface area (Å²) in [4.78, 5) is 13.5. The van der Waals surface area contributed by atoms with Crippen LogP contribution in [-0.4, -0.2) is 23.4 Å². The smallest absolute Gasteiger partial charge is 0.224 e. The Morgan fingerprint density at radius 3 is 2.38 bits per heavy atom. The van der Waals surface area contributed by atoms with Gasteiger partial charge in [-0.15, -0.1) is 0 Å². The van der Waals surface area contributed by atoms with Crippen LogP contribution in [0.3, 0.4) is 0 Å². The Morgan fingerprint density at radius 2 is 1.88 bits per heavy atom. The molecule has 0 saturated carbocycles. The summed E-state index contributed by atoms with van der Waals surface area (Å²) in [6, 6.07) is 9.93. The van der Waals surface area contributed by atoms with Crippen LogP contribution < -0.4 is 5.73 Å². The van der Waals surface area contributed by atoms with Gasteiger partial charge in [0.2, 0.25) is 5.91 Å². The Morgan fingerprint density at radius 1 is 1.31 bits per heavy atom. The average molecular weight is 220 g/mol. The number of nitrogens with two attached hydrogens (primary N) is 1. The van der Waals surface area contributed by atoms with Crippen molar-refractivity contribution in [1.29, 1.82) is 0 Å². The van der Waals surface area contributed by atoms with Gasteiger partial charge < -0.3 is 10.6 Å². The number of hydrogen-bond donors (Lipinski definition) is 1. The Balaban J connectivity index is 2.53. The molecule has 0 radical (unpaired) electrons. The van der Waals surface area contributed by atoms with E-state index in [0.717, 1.165) is 5.56 Å². The van der Waals surface area contributed by atoms with Crippen LogP contribution in [0.2, 0.25) is 0 Å². The third-order valence-corrected chi connectivity index (χ3v) is 2.30. The van der Waals surface area contributed by atoms with Crippen molar-refractivity contribution >= 4 is 5.91 Å². The van der Waals surface area contributed by atoms with Crippen LogP contribution in [0.5, 0.6) is 0 Å². The SMILES string of the molecule is CN(Cc1ccccc1)C(=O)CC(C)(C)N. The molecule has 0 bridgehead atoms. The van der Waals surface area contributed by atoms with Gasteiger partial charge >= 0.3 is 0 Å². The molecule has 0 spiro atoms. The molecule has 3 nitrogen and oxygen atoms in total. The molecule has 1 amide bonds. The Labute approximate surface area is 97.2 Å². The molecule has 0 unspecified atom stereocenters. The van der Waals surface area contributed by atoms with Gasteiger partial charge in [0, 0.05) is 25.6 Å². The molecule has 1 aromatic carbocycles. The lowest BCUT2D eigenvalue weighted by atomic mass is 10.0. The lowest BCUT2D eigenvalue weighted by Crippen LogP contribution is -2.39. The molecule has 0 heterocycles. The third-order valence-electron chi connectivity index (χ3n) is 2.30. The van der Waals surface area contributed by atoms with E-state index < -0.39 is 5.54 Å². The maximum absolute atomic E-state index is 11.8. The van der Waals surface area contributed by atoms with Crippen molar-refractivity contribution in [2.45, 2.75) is 32.4 Å². The van der Waals surface area contributed by atoms with Gasteiger partial charge in [0.1, 0.15) is 0 Å². The Kier molecular flexibility index (Phi) is 4.07. The summed E-state index contributed by atoms with van der Waals surface area (Å²) in [6.07, 6.45) is 0.371. The molecule has 16 heavy (non-hydrogen) atoms. The standard InChI is InChI=1S/C13H20N2O/c1-13(2,14)9-12(16)15(3)10-11-7-5-4-6-8-11/h4-8H,9-10,14H2,1-3H3. The summed E-state index contributed by atoms with van der Waals surface area (Å²) in [5.74, 6) is 0.0800. The normalized spacial score (nSPS) is 11.2. The molecule has 0 aliphatic heterocycles. The monoisotopic (exact) mass is 220 g/mol. The molecule has 1 rings (SSSR count). The van der Waals surface area contributed by atoms with E-state index in [9.17, 15) is 4.79 Å². The first-order valence-electron chi connectivity index (χ1n) is 5.45. The van der Waals surface area contributed by atoms with Gasteiger partial charge in [-0.3, -0.25) is 4.79 Å². The van der Waals surface area contributed by atoms with E-state index in [4.69, 9.17) is 5.73 Å². The topological polar surface area (TPSA) is 46.3 Å². The second-order valence-electron chi connectivity index (χ2n) is 4.90.